The molecule has 1 heterocycles. The Bertz CT molecular complexity index is 490. The van der Waals surface area contributed by atoms with Gasteiger partial charge in [-0.15, -0.1) is 13.2 Å². The Balaban J connectivity index is 2.48. The summed E-state index contributed by atoms with van der Waals surface area (Å²) in [5.74, 6) is -0.432. The summed E-state index contributed by atoms with van der Waals surface area (Å²) in [7, 11) is 0. The molecule has 0 atom stereocenters. The Hall–Kier alpha value is -1.36. The Morgan fingerprint density at radius 2 is 1.93 bits per heavy atom. The number of ether oxygens (including phenoxy) is 1. The predicted octanol–water partition coefficient (Wildman–Crippen LogP) is 3.98. The minimum Gasteiger partial charge on any atom is -0.471 e. The van der Waals surface area contributed by atoms with Crippen LogP contribution < -0.4 is 4.74 Å². The van der Waals surface area contributed by atoms with Gasteiger partial charge in [0.05, 0.1) is 17.5 Å². The average molecular weight is 237 g/mol. The van der Waals surface area contributed by atoms with Gasteiger partial charge in [-0.3, -0.25) is 0 Å². The highest BCUT2D eigenvalue weighted by atomic mass is 35.5. The zero-order valence-electron chi connectivity index (χ0n) is 7.14. The van der Waals surface area contributed by atoms with Gasteiger partial charge in [-0.1, -0.05) is 11.6 Å². The van der Waals surface area contributed by atoms with Gasteiger partial charge in [-0.2, -0.15) is 0 Å². The van der Waals surface area contributed by atoms with Crippen molar-refractivity contribution in [2.75, 3.05) is 0 Å². The first-order valence-electron chi connectivity index (χ1n) is 3.87. The van der Waals surface area contributed by atoms with Crippen LogP contribution in [0.3, 0.4) is 0 Å². The van der Waals surface area contributed by atoms with E-state index in [-0.39, 0.29) is 5.02 Å². The van der Waals surface area contributed by atoms with Crippen LogP contribution in [0.15, 0.2) is 29.1 Å². The van der Waals surface area contributed by atoms with Crippen molar-refractivity contribution in [1.29, 1.82) is 0 Å². The van der Waals surface area contributed by atoms with E-state index >= 15 is 0 Å². The van der Waals surface area contributed by atoms with Crippen molar-refractivity contribution in [1.82, 2.24) is 0 Å². The SMILES string of the molecule is FC(F)(F)Oc1ccc2cocc2c1Cl. The third-order valence-electron chi connectivity index (χ3n) is 1.78. The standard InChI is InChI=1S/C9H4ClF3O2/c10-8-6-4-14-3-5(6)1-2-7(8)15-9(11,12)13/h1-4H. The first kappa shape index (κ1) is 10.2. The van der Waals surface area contributed by atoms with E-state index in [1.165, 1.54) is 18.6 Å². The van der Waals surface area contributed by atoms with E-state index in [0.717, 1.165) is 6.07 Å². The van der Waals surface area contributed by atoms with Gasteiger partial charge >= 0.3 is 6.36 Å². The maximum absolute atomic E-state index is 11.9. The molecule has 80 valence electrons. The summed E-state index contributed by atoms with van der Waals surface area (Å²) in [4.78, 5) is 0. The van der Waals surface area contributed by atoms with Crippen molar-refractivity contribution in [3.05, 3.63) is 29.7 Å². The minimum atomic E-state index is -4.75. The first-order valence-corrected chi connectivity index (χ1v) is 4.25. The van der Waals surface area contributed by atoms with Gasteiger partial charge in [0.1, 0.15) is 5.75 Å². The Morgan fingerprint density at radius 3 is 2.60 bits per heavy atom. The van der Waals surface area contributed by atoms with Crippen LogP contribution in [0.2, 0.25) is 5.02 Å². The zero-order chi connectivity index (χ0) is 11.1. The van der Waals surface area contributed by atoms with Crippen molar-refractivity contribution in [3.8, 4) is 5.75 Å². The van der Waals surface area contributed by atoms with Crippen molar-refractivity contribution >= 4 is 22.4 Å². The Morgan fingerprint density at radius 1 is 1.20 bits per heavy atom. The summed E-state index contributed by atoms with van der Waals surface area (Å²) in [6, 6.07) is 2.58. The fourth-order valence-electron chi connectivity index (χ4n) is 1.19. The van der Waals surface area contributed by atoms with Gasteiger partial charge in [0, 0.05) is 10.8 Å². The highest BCUT2D eigenvalue weighted by Gasteiger charge is 2.32. The fourth-order valence-corrected chi connectivity index (χ4v) is 1.44. The molecule has 0 fully saturated rings. The van der Waals surface area contributed by atoms with Crippen molar-refractivity contribution in [3.63, 3.8) is 0 Å². The molecule has 0 saturated heterocycles. The van der Waals surface area contributed by atoms with Crippen LogP contribution in [0.4, 0.5) is 13.2 Å². The molecule has 0 bridgehead atoms. The second-order valence-electron chi connectivity index (χ2n) is 2.80. The molecule has 2 rings (SSSR count). The number of rotatable bonds is 1. The van der Waals surface area contributed by atoms with E-state index in [1.807, 2.05) is 0 Å². The van der Waals surface area contributed by atoms with Gasteiger partial charge in [-0.25, -0.2) is 0 Å². The van der Waals surface area contributed by atoms with Gasteiger partial charge in [0.25, 0.3) is 0 Å². The molecule has 0 radical (unpaired) electrons. The molecule has 0 saturated carbocycles. The van der Waals surface area contributed by atoms with E-state index in [4.69, 9.17) is 16.0 Å². The lowest BCUT2D eigenvalue weighted by atomic mass is 10.2. The summed E-state index contributed by atoms with van der Waals surface area (Å²) >= 11 is 5.70. The van der Waals surface area contributed by atoms with E-state index in [9.17, 15) is 13.2 Å². The van der Waals surface area contributed by atoms with Gasteiger partial charge in [0.15, 0.2) is 0 Å². The first-order chi connectivity index (χ1) is 6.97. The number of alkyl halides is 3. The molecule has 1 aromatic carbocycles. The molecule has 0 aliphatic heterocycles. The largest absolute Gasteiger partial charge is 0.573 e. The summed E-state index contributed by atoms with van der Waals surface area (Å²) < 4.78 is 44.4. The zero-order valence-corrected chi connectivity index (χ0v) is 7.89. The Labute approximate surface area is 87.2 Å². The van der Waals surface area contributed by atoms with Crippen LogP contribution in [0.5, 0.6) is 5.75 Å². The molecule has 0 amide bonds. The third-order valence-corrected chi connectivity index (χ3v) is 2.17. The molecule has 0 N–H and O–H groups in total. The molecule has 1 aromatic heterocycles. The van der Waals surface area contributed by atoms with Crippen molar-refractivity contribution in [2.24, 2.45) is 0 Å². The molecule has 0 aliphatic carbocycles. The number of fused-ring (bicyclic) bond motifs is 1. The van der Waals surface area contributed by atoms with Crippen LogP contribution in [-0.4, -0.2) is 6.36 Å². The molecule has 0 spiro atoms. The molecule has 2 aromatic rings. The van der Waals surface area contributed by atoms with Gasteiger partial charge in [-0.05, 0) is 12.1 Å². The lowest BCUT2D eigenvalue weighted by Gasteiger charge is -2.10. The molecule has 0 aliphatic rings. The normalized spacial score (nSPS) is 12.0. The summed E-state index contributed by atoms with van der Waals surface area (Å²) in [5, 5.41) is 0.895. The molecule has 15 heavy (non-hydrogen) atoms. The number of furan rings is 1. The highest BCUT2D eigenvalue weighted by Crippen LogP contribution is 2.36. The van der Waals surface area contributed by atoms with Crippen molar-refractivity contribution < 1.29 is 22.3 Å². The Kier molecular flexibility index (Phi) is 2.26. The number of halogens is 4. The molecule has 2 nitrogen and oxygen atoms in total. The molecule has 6 heteroatoms. The quantitative estimate of drug-likeness (QED) is 0.747. The second-order valence-corrected chi connectivity index (χ2v) is 3.18. The fraction of sp³-hybridized carbons (Fsp3) is 0.111. The lowest BCUT2D eigenvalue weighted by molar-refractivity contribution is -0.274. The van der Waals surface area contributed by atoms with Crippen molar-refractivity contribution in [2.45, 2.75) is 6.36 Å². The summed E-state index contributed by atoms with van der Waals surface area (Å²) in [6.07, 6.45) is -2.10. The van der Waals surface area contributed by atoms with E-state index in [2.05, 4.69) is 4.74 Å². The summed E-state index contributed by atoms with van der Waals surface area (Å²) in [5.41, 5.74) is 0. The van der Waals surface area contributed by atoms with Crippen LogP contribution in [0.1, 0.15) is 0 Å². The smallest absolute Gasteiger partial charge is 0.471 e. The highest BCUT2D eigenvalue weighted by molar-refractivity contribution is 6.37. The monoisotopic (exact) mass is 236 g/mol. The molecule has 0 unspecified atom stereocenters. The number of hydrogen-bond acceptors (Lipinski definition) is 2. The topological polar surface area (TPSA) is 22.4 Å². The molecular formula is C9H4ClF3O2. The summed E-state index contributed by atoms with van der Waals surface area (Å²) in [6.45, 7) is 0. The third kappa shape index (κ3) is 2.02. The van der Waals surface area contributed by atoms with E-state index < -0.39 is 12.1 Å². The van der Waals surface area contributed by atoms with Crippen LogP contribution >= 0.6 is 11.6 Å². The van der Waals surface area contributed by atoms with Crippen LogP contribution in [0, 0.1) is 0 Å². The molecular weight excluding hydrogens is 233 g/mol. The van der Waals surface area contributed by atoms with E-state index in [1.54, 1.807) is 0 Å². The van der Waals surface area contributed by atoms with Crippen LogP contribution in [-0.2, 0) is 0 Å². The maximum atomic E-state index is 11.9. The average Bonchev–Trinajstić information content (AvgIpc) is 2.56. The van der Waals surface area contributed by atoms with E-state index in [0.29, 0.717) is 10.8 Å². The maximum Gasteiger partial charge on any atom is 0.573 e. The van der Waals surface area contributed by atoms with Gasteiger partial charge < -0.3 is 9.15 Å². The minimum absolute atomic E-state index is 0.112. The number of hydrogen-bond donors (Lipinski definition) is 0. The van der Waals surface area contributed by atoms with Crippen LogP contribution in [0.25, 0.3) is 10.8 Å². The second kappa shape index (κ2) is 3.34. The number of benzene rings is 1. The predicted molar refractivity (Wildman–Crippen MR) is 47.9 cm³/mol. The van der Waals surface area contributed by atoms with Gasteiger partial charge in [0.2, 0.25) is 0 Å². The lowest BCUT2D eigenvalue weighted by Crippen LogP contribution is -2.17.